The summed E-state index contributed by atoms with van der Waals surface area (Å²) in [4.78, 5) is 16.9. The second kappa shape index (κ2) is 6.83. The predicted octanol–water partition coefficient (Wildman–Crippen LogP) is -3.33. The van der Waals surface area contributed by atoms with Crippen LogP contribution < -0.4 is 56.3 Å². The summed E-state index contributed by atoms with van der Waals surface area (Å²) in [6.45, 7) is 0. The maximum Gasteiger partial charge on any atom is 1.00 e. The van der Waals surface area contributed by atoms with Crippen LogP contribution in [0.1, 0.15) is 0 Å². The molecule has 5 nitrogen and oxygen atoms in total. The van der Waals surface area contributed by atoms with Gasteiger partial charge in [0, 0.05) is 4.57 Å². The van der Waals surface area contributed by atoms with Gasteiger partial charge in [-0.2, -0.15) is 0 Å². The first-order chi connectivity index (χ1) is 3.13. The van der Waals surface area contributed by atoms with Crippen molar-refractivity contribution in [2.24, 2.45) is 0 Å². The van der Waals surface area contributed by atoms with E-state index in [9.17, 15) is 14.0 Å². The molecule has 0 heterocycles. The molecular weight excluding hydrogens is 181 g/mol. The summed E-state index contributed by atoms with van der Waals surface area (Å²) < 4.78 is 21.9. The minimum Gasteiger partial charge on any atom is -0.563 e. The molecule has 2 atom stereocenters. The van der Waals surface area contributed by atoms with Gasteiger partial charge in [-0.3, -0.25) is 0 Å². The van der Waals surface area contributed by atoms with E-state index in [0.29, 0.717) is 0 Å². The largest absolute Gasteiger partial charge is 1.00 e. The molecule has 0 aliphatic heterocycles. The van der Waals surface area contributed by atoms with Crippen LogP contribution in [-0.2, 0) is 13.4 Å². The van der Waals surface area contributed by atoms with Gasteiger partial charge in [0.1, 0.15) is 4.31 Å². The molecule has 0 rings (SSSR count). The van der Waals surface area contributed by atoms with Crippen LogP contribution in [0.15, 0.2) is 0 Å². The summed E-state index contributed by atoms with van der Waals surface area (Å²) in [5.74, 6) is 0. The van der Waals surface area contributed by atoms with Crippen LogP contribution in [0.5, 0.6) is 0 Å². The first kappa shape index (κ1) is 12.4. The standard InChI is InChI=1S/K.O5P2/c;1-6(2)5-7(3)4/q+1;/p+1. The molecule has 0 aliphatic carbocycles. The Morgan fingerprint density at radius 2 is 1.88 bits per heavy atom. The Morgan fingerprint density at radius 3 is 1.88 bits per heavy atom. The molecule has 0 bridgehead atoms. The molecular formula is HKO5P2+2. The van der Waals surface area contributed by atoms with Crippen molar-refractivity contribution in [1.82, 2.24) is 0 Å². The average molecular weight is 182 g/mol. The van der Waals surface area contributed by atoms with E-state index >= 15 is 0 Å². The SMILES string of the molecule is O=[P+]([O-])O[P+](=O)O.[K+]. The Bertz CT molecular complexity index is 86.6. The third-order valence-electron chi connectivity index (χ3n) is 0.137. The van der Waals surface area contributed by atoms with Crippen LogP contribution in [-0.4, -0.2) is 4.89 Å². The molecule has 8 heteroatoms. The molecule has 2 unspecified atom stereocenters. The zero-order valence-corrected chi connectivity index (χ0v) is 8.89. The topological polar surface area (TPSA) is 86.7 Å². The van der Waals surface area contributed by atoms with E-state index in [1.165, 1.54) is 0 Å². The van der Waals surface area contributed by atoms with E-state index in [4.69, 9.17) is 4.89 Å². The van der Waals surface area contributed by atoms with Gasteiger partial charge in [-0.05, 0) is 4.57 Å². The molecule has 1 N–H and O–H groups in total. The first-order valence-corrected chi connectivity index (χ1v) is 3.34. The van der Waals surface area contributed by atoms with Crippen molar-refractivity contribution in [3.05, 3.63) is 0 Å². The quantitative estimate of drug-likeness (QED) is 0.356. The van der Waals surface area contributed by atoms with Crippen LogP contribution in [0.4, 0.5) is 0 Å². The van der Waals surface area contributed by atoms with E-state index in [-0.39, 0.29) is 51.4 Å². The number of hydrogen-bond donors (Lipinski definition) is 1. The summed E-state index contributed by atoms with van der Waals surface area (Å²) in [7, 11) is -6.16. The summed E-state index contributed by atoms with van der Waals surface area (Å²) in [5.41, 5.74) is 0. The van der Waals surface area contributed by atoms with Crippen molar-refractivity contribution < 1.29 is 74.6 Å². The van der Waals surface area contributed by atoms with Gasteiger partial charge in [0.05, 0.1) is 0 Å². The van der Waals surface area contributed by atoms with Gasteiger partial charge in [0.2, 0.25) is 0 Å². The van der Waals surface area contributed by atoms with Gasteiger partial charge >= 0.3 is 67.9 Å². The molecule has 0 radical (unpaired) electrons. The van der Waals surface area contributed by atoms with Crippen LogP contribution in [0.25, 0.3) is 0 Å². The summed E-state index contributed by atoms with van der Waals surface area (Å²) in [6.07, 6.45) is 0. The summed E-state index contributed by atoms with van der Waals surface area (Å²) in [5, 5.41) is 0. The second-order valence-corrected chi connectivity index (χ2v) is 2.12. The fraction of sp³-hybridized carbons (Fsp3) is 0. The van der Waals surface area contributed by atoms with Crippen molar-refractivity contribution in [2.45, 2.75) is 0 Å². The van der Waals surface area contributed by atoms with Gasteiger partial charge in [-0.25, -0.2) is 0 Å². The minimum atomic E-state index is -3.17. The minimum absolute atomic E-state index is 0. The molecule has 0 amide bonds. The molecule has 0 aromatic heterocycles. The molecule has 0 aromatic rings. The van der Waals surface area contributed by atoms with Gasteiger partial charge in [0.15, 0.2) is 0 Å². The molecule has 8 heavy (non-hydrogen) atoms. The third-order valence-corrected chi connectivity index (χ3v) is 1.23. The summed E-state index contributed by atoms with van der Waals surface area (Å²) in [6, 6.07) is 0. The Morgan fingerprint density at radius 1 is 1.50 bits per heavy atom. The van der Waals surface area contributed by atoms with Crippen LogP contribution in [0, 0.1) is 0 Å². The van der Waals surface area contributed by atoms with Crippen molar-refractivity contribution in [3.63, 3.8) is 0 Å². The maximum atomic E-state index is 9.35. The van der Waals surface area contributed by atoms with Crippen LogP contribution in [0.3, 0.4) is 0 Å². The van der Waals surface area contributed by atoms with Crippen molar-refractivity contribution in [2.75, 3.05) is 0 Å². The van der Waals surface area contributed by atoms with E-state index in [1.807, 2.05) is 0 Å². The Labute approximate surface area is 89.8 Å². The smallest absolute Gasteiger partial charge is 0.563 e. The Balaban J connectivity index is 0. The van der Waals surface area contributed by atoms with Crippen LogP contribution >= 0.6 is 16.5 Å². The van der Waals surface area contributed by atoms with E-state index in [0.717, 1.165) is 0 Å². The summed E-state index contributed by atoms with van der Waals surface area (Å²) >= 11 is 0. The fourth-order valence-corrected chi connectivity index (χ4v) is 0.513. The van der Waals surface area contributed by atoms with Crippen molar-refractivity contribution in [1.29, 1.82) is 0 Å². The second-order valence-electron chi connectivity index (χ2n) is 0.543. The Hall–Kier alpha value is 1.72. The zero-order valence-electron chi connectivity index (χ0n) is 3.97. The number of hydrogen-bond acceptors (Lipinski definition) is 4. The van der Waals surface area contributed by atoms with Gasteiger partial charge < -0.3 is 4.89 Å². The van der Waals surface area contributed by atoms with E-state index in [1.54, 1.807) is 0 Å². The van der Waals surface area contributed by atoms with Gasteiger partial charge in [-0.1, -0.05) is 0 Å². The number of rotatable bonds is 2. The Kier molecular flexibility index (Phi) is 10.6. The normalized spacial score (nSPS) is 11.8. The molecule has 0 saturated heterocycles. The molecule has 40 valence electrons. The average Bonchev–Trinajstić information content (AvgIpc) is 1.27. The van der Waals surface area contributed by atoms with Gasteiger partial charge in [0.25, 0.3) is 0 Å². The van der Waals surface area contributed by atoms with E-state index in [2.05, 4.69) is 4.31 Å². The zero-order chi connectivity index (χ0) is 5.86. The molecule has 0 spiro atoms. The van der Waals surface area contributed by atoms with Gasteiger partial charge in [-0.15, -0.1) is 4.89 Å². The van der Waals surface area contributed by atoms with Crippen molar-refractivity contribution in [3.8, 4) is 0 Å². The predicted molar refractivity (Wildman–Crippen MR) is 18.5 cm³/mol. The van der Waals surface area contributed by atoms with E-state index < -0.39 is 16.5 Å². The fourth-order valence-electron chi connectivity index (χ4n) is 0.0570. The molecule has 0 saturated carbocycles. The molecule has 0 aliphatic rings. The van der Waals surface area contributed by atoms with Crippen molar-refractivity contribution >= 4 is 16.5 Å². The molecule has 0 fully saturated rings. The van der Waals surface area contributed by atoms with Crippen LogP contribution in [0.2, 0.25) is 0 Å². The monoisotopic (exact) mass is 182 g/mol. The maximum absolute atomic E-state index is 9.35. The third kappa shape index (κ3) is 10.7. The molecule has 0 aromatic carbocycles. The first-order valence-electron chi connectivity index (χ1n) is 1.11.